The van der Waals surface area contributed by atoms with Crippen molar-refractivity contribution in [1.29, 1.82) is 0 Å². The number of ether oxygens (including phenoxy) is 1. The maximum atomic E-state index is 14.1. The molecule has 1 saturated heterocycles. The number of hydrogen-bond acceptors (Lipinski definition) is 6. The predicted molar refractivity (Wildman–Crippen MR) is 128 cm³/mol. The lowest BCUT2D eigenvalue weighted by atomic mass is 9.67. The quantitative estimate of drug-likeness (QED) is 0.425. The largest absolute Gasteiger partial charge is 0.466 e. The molecule has 1 amide bonds. The Hall–Kier alpha value is -2.03. The Morgan fingerprint density at radius 3 is 2.48 bits per heavy atom. The van der Waals surface area contributed by atoms with Crippen molar-refractivity contribution >= 4 is 67.6 Å². The number of hydrogen-bond donors (Lipinski definition) is 0. The first-order chi connectivity index (χ1) is 14.9. The fourth-order valence-electron chi connectivity index (χ4n) is 4.38. The lowest BCUT2D eigenvalue weighted by Crippen LogP contribution is -2.55. The zero-order chi connectivity index (χ0) is 22.2. The summed E-state index contributed by atoms with van der Waals surface area (Å²) in [6.45, 7) is 1.89. The van der Waals surface area contributed by atoms with Gasteiger partial charge in [0.1, 0.15) is 14.9 Å². The van der Waals surface area contributed by atoms with E-state index in [1.54, 1.807) is 6.92 Å². The first-order valence-corrected chi connectivity index (χ1v) is 12.0. The van der Waals surface area contributed by atoms with Crippen molar-refractivity contribution in [3.8, 4) is 0 Å². The first-order valence-electron chi connectivity index (χ1n) is 9.94. The van der Waals surface area contributed by atoms with Gasteiger partial charge in [-0.3, -0.25) is 19.3 Å². The molecule has 4 rings (SSSR count). The van der Waals surface area contributed by atoms with E-state index in [0.29, 0.717) is 10.0 Å². The molecule has 2 fully saturated rings. The van der Waals surface area contributed by atoms with E-state index in [0.717, 1.165) is 10.0 Å². The number of carbonyl (C=O) groups is 3. The summed E-state index contributed by atoms with van der Waals surface area (Å²) in [4.78, 5) is 41.3. The second kappa shape index (κ2) is 8.84. The molecule has 1 heterocycles. The van der Waals surface area contributed by atoms with E-state index in [1.165, 1.54) is 16.7 Å². The molecule has 0 radical (unpaired) electrons. The van der Waals surface area contributed by atoms with Gasteiger partial charge in [0.15, 0.2) is 0 Å². The number of benzene rings is 2. The molecule has 0 N–H and O–H groups in total. The van der Waals surface area contributed by atoms with Gasteiger partial charge in [-0.1, -0.05) is 70.2 Å². The Bertz CT molecular complexity index is 1040. The van der Waals surface area contributed by atoms with Crippen LogP contribution in [-0.2, 0) is 19.1 Å². The molecule has 2 aliphatic rings. The number of nitrogens with zero attached hydrogens (tertiary/aromatic N) is 1. The zero-order valence-corrected chi connectivity index (χ0v) is 20.0. The van der Waals surface area contributed by atoms with E-state index >= 15 is 0 Å². The molecule has 31 heavy (non-hydrogen) atoms. The maximum Gasteiger partial charge on any atom is 0.311 e. The molecule has 1 saturated carbocycles. The van der Waals surface area contributed by atoms with Gasteiger partial charge in [-0.15, -0.1) is 0 Å². The van der Waals surface area contributed by atoms with Gasteiger partial charge in [0.25, 0.3) is 5.91 Å². The minimum Gasteiger partial charge on any atom is -0.466 e. The number of amides is 1. The van der Waals surface area contributed by atoms with Crippen LogP contribution in [-0.4, -0.2) is 33.3 Å². The molecular formula is C23H20BrNO4S2. The van der Waals surface area contributed by atoms with E-state index in [2.05, 4.69) is 15.9 Å². The number of thioether (sulfide) groups is 1. The Morgan fingerprint density at radius 2 is 1.84 bits per heavy atom. The first kappa shape index (κ1) is 22.2. The standard InChI is InChI=1S/C23H20BrNO4S2/c1-2-29-20(27)19-13-17(26)12-18(14-8-10-15(24)11-9-14)23(19)21(28)25(22(30)31-23)16-6-4-3-5-7-16/h3-11,18-19H,2,12-13H2,1H3/t18-,19-,23-/m0/s1. The molecular weight excluding hydrogens is 498 g/mol. The van der Waals surface area contributed by atoms with Crippen LogP contribution < -0.4 is 4.90 Å². The van der Waals surface area contributed by atoms with Gasteiger partial charge in [0, 0.05) is 23.2 Å². The molecule has 1 spiro atoms. The Labute approximate surface area is 198 Å². The summed E-state index contributed by atoms with van der Waals surface area (Å²) in [7, 11) is 0. The summed E-state index contributed by atoms with van der Waals surface area (Å²) in [5, 5.41) is 0. The second-order valence-corrected chi connectivity index (χ2v) is 10.3. The number of thiocarbonyl (C=S) groups is 1. The van der Waals surface area contributed by atoms with Crippen LogP contribution in [0.4, 0.5) is 5.69 Å². The fourth-order valence-corrected chi connectivity index (χ4v) is 6.68. The number of Topliss-reactive ketones (excluding diaryl/α,β-unsaturated/α-hetero) is 1. The van der Waals surface area contributed by atoms with Crippen molar-refractivity contribution in [1.82, 2.24) is 0 Å². The smallest absolute Gasteiger partial charge is 0.311 e. The summed E-state index contributed by atoms with van der Waals surface area (Å²) in [6, 6.07) is 16.7. The van der Waals surface area contributed by atoms with Crippen molar-refractivity contribution in [2.75, 3.05) is 11.5 Å². The van der Waals surface area contributed by atoms with Crippen LogP contribution in [0.1, 0.15) is 31.2 Å². The van der Waals surface area contributed by atoms with Crippen LogP contribution in [0.15, 0.2) is 59.1 Å². The van der Waals surface area contributed by atoms with Crippen molar-refractivity contribution in [2.45, 2.75) is 30.4 Å². The summed E-state index contributed by atoms with van der Waals surface area (Å²) in [5.41, 5.74) is 1.47. The highest BCUT2D eigenvalue weighted by Crippen LogP contribution is 2.57. The summed E-state index contributed by atoms with van der Waals surface area (Å²) in [5.74, 6) is -2.27. The highest BCUT2D eigenvalue weighted by molar-refractivity contribution is 9.10. The lowest BCUT2D eigenvalue weighted by Gasteiger charge is -2.42. The van der Waals surface area contributed by atoms with Crippen molar-refractivity contribution in [3.05, 3.63) is 64.6 Å². The van der Waals surface area contributed by atoms with Gasteiger partial charge in [0.05, 0.1) is 18.2 Å². The lowest BCUT2D eigenvalue weighted by molar-refractivity contribution is -0.154. The Balaban J connectivity index is 1.87. The van der Waals surface area contributed by atoms with Crippen molar-refractivity contribution in [2.24, 2.45) is 5.92 Å². The zero-order valence-electron chi connectivity index (χ0n) is 16.7. The SMILES string of the molecule is CCOC(=O)[C@@H]1CC(=O)C[C@@H](c2ccc(Br)cc2)[C@]12SC(=S)N(c1ccccc1)C2=O. The van der Waals surface area contributed by atoms with Gasteiger partial charge in [-0.25, -0.2) is 0 Å². The molecule has 0 aromatic heterocycles. The molecule has 3 atom stereocenters. The highest BCUT2D eigenvalue weighted by Gasteiger charge is 2.65. The Kier molecular flexibility index (Phi) is 6.32. The molecule has 8 heteroatoms. The van der Waals surface area contributed by atoms with Crippen LogP contribution in [0.25, 0.3) is 0 Å². The molecule has 160 valence electrons. The number of para-hydroxylation sites is 1. The van der Waals surface area contributed by atoms with Crippen LogP contribution in [0.5, 0.6) is 0 Å². The number of ketones is 1. The average molecular weight is 518 g/mol. The molecule has 5 nitrogen and oxygen atoms in total. The summed E-state index contributed by atoms with van der Waals surface area (Å²) < 4.78 is 5.35. The fraction of sp³-hybridized carbons (Fsp3) is 0.304. The van der Waals surface area contributed by atoms with Crippen LogP contribution >= 0.6 is 39.9 Å². The molecule has 2 aromatic carbocycles. The molecule has 1 aliphatic heterocycles. The van der Waals surface area contributed by atoms with Crippen molar-refractivity contribution in [3.63, 3.8) is 0 Å². The van der Waals surface area contributed by atoms with Crippen LogP contribution in [0.3, 0.4) is 0 Å². The third-order valence-corrected chi connectivity index (χ3v) is 8.13. The molecule has 2 aromatic rings. The van der Waals surface area contributed by atoms with E-state index < -0.39 is 22.6 Å². The summed E-state index contributed by atoms with van der Waals surface area (Å²) >= 11 is 10.3. The molecule has 0 unspecified atom stereocenters. The van der Waals surface area contributed by atoms with Gasteiger partial charge in [0.2, 0.25) is 0 Å². The van der Waals surface area contributed by atoms with E-state index in [4.69, 9.17) is 17.0 Å². The van der Waals surface area contributed by atoms with E-state index in [1.807, 2.05) is 54.6 Å². The minimum absolute atomic E-state index is 0.0319. The number of rotatable bonds is 4. The maximum absolute atomic E-state index is 14.1. The normalized spacial score (nSPS) is 25.9. The molecule has 0 bridgehead atoms. The van der Waals surface area contributed by atoms with Crippen LogP contribution in [0.2, 0.25) is 0 Å². The monoisotopic (exact) mass is 517 g/mol. The third-order valence-electron chi connectivity index (χ3n) is 5.73. The average Bonchev–Trinajstić information content (AvgIpc) is 3.01. The number of esters is 1. The highest BCUT2D eigenvalue weighted by atomic mass is 79.9. The number of halogens is 1. The second-order valence-electron chi connectivity index (χ2n) is 7.49. The molecule has 1 aliphatic carbocycles. The summed E-state index contributed by atoms with van der Waals surface area (Å²) in [6.07, 6.45) is 0.136. The Morgan fingerprint density at radius 1 is 1.16 bits per heavy atom. The van der Waals surface area contributed by atoms with Gasteiger partial charge >= 0.3 is 5.97 Å². The number of carbonyl (C=O) groups excluding carboxylic acids is 3. The number of anilines is 1. The third kappa shape index (κ3) is 3.85. The van der Waals surface area contributed by atoms with Gasteiger partial charge in [-0.2, -0.15) is 0 Å². The topological polar surface area (TPSA) is 63.7 Å². The van der Waals surface area contributed by atoms with Gasteiger partial charge in [-0.05, 0) is 36.8 Å². The van der Waals surface area contributed by atoms with Crippen molar-refractivity contribution < 1.29 is 19.1 Å². The predicted octanol–water partition coefficient (Wildman–Crippen LogP) is 4.88. The van der Waals surface area contributed by atoms with Gasteiger partial charge < -0.3 is 4.74 Å². The van der Waals surface area contributed by atoms with Crippen LogP contribution in [0, 0.1) is 5.92 Å². The van der Waals surface area contributed by atoms with E-state index in [-0.39, 0.29) is 31.1 Å². The minimum atomic E-state index is -1.24. The van der Waals surface area contributed by atoms with E-state index in [9.17, 15) is 14.4 Å².